The van der Waals surface area contributed by atoms with Crippen LogP contribution in [-0.2, 0) is 9.59 Å². The average Bonchev–Trinajstić information content (AvgIpc) is 0.840. The van der Waals surface area contributed by atoms with Crippen molar-refractivity contribution in [2.75, 3.05) is 0 Å². The van der Waals surface area contributed by atoms with Gasteiger partial charge in [0.2, 0.25) is 11.8 Å². The maximum atomic E-state index is 13.3. The van der Waals surface area contributed by atoms with Gasteiger partial charge in [0.25, 0.3) is 17.7 Å². The molecule has 0 unspecified atom stereocenters. The summed E-state index contributed by atoms with van der Waals surface area (Å²) in [6.45, 7) is 8.03. The first kappa shape index (κ1) is 94.9. The summed E-state index contributed by atoms with van der Waals surface area (Å²) < 4.78 is 13.3. The van der Waals surface area contributed by atoms with E-state index in [-0.39, 0.29) is 71.1 Å². The van der Waals surface area contributed by atoms with Gasteiger partial charge in [-0.2, -0.15) is 0 Å². The number of benzene rings is 8. The highest BCUT2D eigenvalue weighted by Crippen LogP contribution is 2.35. The van der Waals surface area contributed by atoms with Gasteiger partial charge in [-0.25, -0.2) is 4.39 Å². The first-order valence-corrected chi connectivity index (χ1v) is 43.1. The fourth-order valence-corrected chi connectivity index (χ4v) is 16.1. The van der Waals surface area contributed by atoms with Gasteiger partial charge in [0, 0.05) is 131 Å². The fourth-order valence-electron chi connectivity index (χ4n) is 15.2. The highest BCUT2D eigenvalue weighted by atomic mass is 35.5. The third-order valence-electron chi connectivity index (χ3n) is 21.8. The van der Waals surface area contributed by atoms with E-state index in [4.69, 9.17) is 63.7 Å². The zero-order chi connectivity index (χ0) is 87.2. The van der Waals surface area contributed by atoms with Crippen LogP contribution in [0.2, 0.25) is 25.1 Å². The smallest absolute Gasteiger partial charge is 0.251 e. The van der Waals surface area contributed by atoms with Crippen molar-refractivity contribution in [1.29, 1.82) is 0 Å². The summed E-state index contributed by atoms with van der Waals surface area (Å²) in [5.41, 5.74) is 7.37. The molecule has 632 valence electrons. The Hall–Kier alpha value is -9.91. The Morgan fingerprint density at radius 3 is 0.934 bits per heavy atom. The summed E-state index contributed by atoms with van der Waals surface area (Å²) in [4.78, 5) is 60.6. The zero-order valence-electron chi connectivity index (χ0n) is 68.6. The molecule has 0 radical (unpaired) electrons. The Kier molecular flexibility index (Phi) is 36.0. The average molecular weight is 1730 g/mol. The Bertz CT molecular complexity index is 5100. The number of primary amides is 1. The molecule has 11 N–H and O–H groups in total. The van der Waals surface area contributed by atoms with Crippen LogP contribution in [0.4, 0.5) is 4.39 Å². The lowest BCUT2D eigenvalue weighted by Gasteiger charge is -2.34. The van der Waals surface area contributed by atoms with Crippen LogP contribution in [0.25, 0.3) is 0 Å². The molecule has 8 aromatic carbocycles. The van der Waals surface area contributed by atoms with Crippen molar-refractivity contribution < 1.29 is 53.9 Å². The number of carbonyl (C=O) groups is 5. The molecule has 10 atom stereocenters. The normalized spacial score (nSPS) is 23.1. The first-order chi connectivity index (χ1) is 57.7. The van der Waals surface area contributed by atoms with Gasteiger partial charge in [0.1, 0.15) is 33.8 Å². The van der Waals surface area contributed by atoms with Gasteiger partial charge in [0.15, 0.2) is 0 Å². The quantitative estimate of drug-likeness (QED) is 0.0548. The number of hydrogen-bond donors (Lipinski definition) is 10. The highest BCUT2D eigenvalue weighted by Gasteiger charge is 2.39. The van der Waals surface area contributed by atoms with Crippen molar-refractivity contribution in [1.82, 2.24) is 21.3 Å². The summed E-state index contributed by atoms with van der Waals surface area (Å²) in [5.74, 6) is 28.2. The molecule has 5 amide bonds. The van der Waals surface area contributed by atoms with Crippen molar-refractivity contribution in [2.24, 2.45) is 17.6 Å². The lowest BCUT2D eigenvalue weighted by atomic mass is 9.78. The first-order valence-electron chi connectivity index (χ1n) is 41.2. The van der Waals surface area contributed by atoms with Crippen molar-refractivity contribution in [3.63, 3.8) is 0 Å². The summed E-state index contributed by atoms with van der Waals surface area (Å²) >= 11 is 29.7. The molecular weight excluding hydrogens is 1630 g/mol. The number of nitrogens with one attached hydrogen (secondary N) is 4. The lowest BCUT2D eigenvalue weighted by molar-refractivity contribution is -0.126. The Morgan fingerprint density at radius 2 is 0.653 bits per heavy atom. The molecule has 0 bridgehead atoms. The van der Waals surface area contributed by atoms with E-state index < -0.39 is 33.8 Å². The molecule has 15 nitrogen and oxygen atoms in total. The Balaban J connectivity index is 0.000000173. The van der Waals surface area contributed by atoms with Gasteiger partial charge in [-0.3, -0.25) is 24.0 Å². The van der Waals surface area contributed by atoms with E-state index in [0.29, 0.717) is 100 Å². The van der Waals surface area contributed by atoms with E-state index in [1.807, 2.05) is 131 Å². The fraction of sp³-hybridized carbons (Fsp3) is 0.370. The molecule has 5 fully saturated rings. The Labute approximate surface area is 736 Å². The monoisotopic (exact) mass is 1730 g/mol. The van der Waals surface area contributed by atoms with E-state index in [1.165, 1.54) is 18.2 Å². The second-order valence-corrected chi connectivity index (χ2v) is 34.2. The number of aryl methyl sites for hydroxylation is 2. The molecule has 5 saturated carbocycles. The Morgan fingerprint density at radius 1 is 0.380 bits per heavy atom. The predicted octanol–water partition coefficient (Wildman–Crippen LogP) is 18.2. The maximum absolute atomic E-state index is 13.3. The molecule has 21 heteroatoms. The van der Waals surface area contributed by atoms with E-state index in [0.717, 1.165) is 116 Å². The molecule has 121 heavy (non-hydrogen) atoms. The van der Waals surface area contributed by atoms with E-state index in [2.05, 4.69) is 80.5 Å². The molecule has 5 aliphatic carbocycles. The molecule has 0 saturated heterocycles. The van der Waals surface area contributed by atoms with Crippen LogP contribution in [0.5, 0.6) is 0 Å². The number of halogens is 6. The maximum Gasteiger partial charge on any atom is 0.251 e. The third kappa shape index (κ3) is 32.1. The summed E-state index contributed by atoms with van der Waals surface area (Å²) in [6.07, 6.45) is 14.7. The van der Waals surface area contributed by atoms with E-state index in [1.54, 1.807) is 72.8 Å². The highest BCUT2D eigenvalue weighted by molar-refractivity contribution is 6.32. The minimum absolute atomic E-state index is 0.00879. The molecule has 0 aromatic heterocycles. The summed E-state index contributed by atoms with van der Waals surface area (Å²) in [7, 11) is 0. The number of rotatable bonds is 11. The van der Waals surface area contributed by atoms with Crippen LogP contribution in [0.15, 0.2) is 194 Å². The largest absolute Gasteiger partial charge is 0.378 e. The van der Waals surface area contributed by atoms with Crippen LogP contribution >= 0.6 is 58.0 Å². The molecule has 5 aliphatic rings. The lowest BCUT2D eigenvalue weighted by Crippen LogP contribution is -2.46. The number of amides is 5. The van der Waals surface area contributed by atoms with Crippen LogP contribution < -0.4 is 27.0 Å². The number of hydrogen-bond acceptors (Lipinski definition) is 10. The summed E-state index contributed by atoms with van der Waals surface area (Å²) in [5, 5.41) is 68.7. The van der Waals surface area contributed by atoms with Gasteiger partial charge in [-0.05, 0) is 263 Å². The molecule has 8 aromatic rings. The SMILES string of the molecule is CCC(CC)C(=O)N[C@H]1CCC[C@@](O)(C#Cc2cccc(Cl)c2)C1.Cc1ccc(C(=O)N[C@H]2CCC[C@@](O)(C#Cc3cccc(Cl)c3)C2)cc1.Cc1ccc(C(=O)N[C@H]2CCC[C@@](O)(C#Cc3cccc(Cl)c3)C2)cc1.NC(=O)[C@H]1CCC[C@@](O)(C#Cc2cccc(Cl)c2)C1.O=C(N[C@H]1CCC[C@@](O)(C#Cc2cccc(Cl)c2)C1)c1cccc(F)c1. The third-order valence-corrected chi connectivity index (χ3v) is 23.0. The van der Waals surface area contributed by atoms with Gasteiger partial charge in [0.05, 0.1) is 0 Å². The molecule has 0 heterocycles. The second-order valence-electron chi connectivity index (χ2n) is 32.0. The van der Waals surface area contributed by atoms with E-state index in [9.17, 15) is 53.9 Å². The molecule has 0 aliphatic heterocycles. The minimum atomic E-state index is -1.17. The van der Waals surface area contributed by atoms with Gasteiger partial charge in [-0.1, -0.05) is 203 Å². The van der Waals surface area contributed by atoms with Gasteiger partial charge >= 0.3 is 0 Å². The van der Waals surface area contributed by atoms with Crippen LogP contribution in [0.3, 0.4) is 0 Å². The van der Waals surface area contributed by atoms with Crippen LogP contribution in [-0.4, -0.2) is 107 Å². The molecule has 0 spiro atoms. The number of nitrogens with two attached hydrogens (primary N) is 1. The van der Waals surface area contributed by atoms with Crippen LogP contribution in [0.1, 0.15) is 225 Å². The van der Waals surface area contributed by atoms with Crippen LogP contribution in [0, 0.1) is 90.7 Å². The predicted molar refractivity (Wildman–Crippen MR) is 480 cm³/mol. The van der Waals surface area contributed by atoms with Crippen molar-refractivity contribution in [2.45, 2.75) is 221 Å². The zero-order valence-corrected chi connectivity index (χ0v) is 72.4. The van der Waals surface area contributed by atoms with Crippen molar-refractivity contribution >= 4 is 87.5 Å². The topological polar surface area (TPSA) is 261 Å². The standard InChI is InChI=1S/2C22H22ClNO2.C21H19ClFNO2.C20H26ClNO2.C15H16ClNO2/c2*1-16-7-9-18(10-8-16)21(25)24-20-6-3-12-22(26,15-20)13-11-17-4-2-5-19(23)14-17;22-17-6-1-4-15(12-17)9-11-21(26)10-3-8-19(14-21)24-20(25)16-5-2-7-18(23)13-16;1-3-16(4-2)19(23)22-18-9-6-11-20(24,14-18)12-10-15-7-5-8-17(21)13-15;16-13-5-1-3-11(9-13)6-8-15(19)7-2-4-12(10-15)14(17)18/h2*2,4-5,7-10,14,20,26H,3,6,12,15H2,1H3,(H,24,25);1-2,4-7,12-13,19,26H,3,8,10,14H2,(H,24,25);5,7-8,13,16,18,24H,3-4,6,9,11,14H2,1-2H3,(H,22,23);1,3,5,9,12,19H,2,4,7,10H2,(H2,17,18)/t2*20-,22+;19-,21+;18-,20+;12-,15+/m00000/s1. The minimum Gasteiger partial charge on any atom is -0.378 e. The number of carbonyl (C=O) groups excluding carboxylic acids is 5. The van der Waals surface area contributed by atoms with Crippen molar-refractivity contribution in [3.8, 4) is 59.2 Å². The number of aliphatic hydroxyl groups is 5. The summed E-state index contributed by atoms with van der Waals surface area (Å²) in [6, 6.07) is 56.2. The molecule has 13 rings (SSSR count). The second kappa shape index (κ2) is 45.8. The van der Waals surface area contributed by atoms with E-state index >= 15 is 0 Å². The van der Waals surface area contributed by atoms with Gasteiger partial charge < -0.3 is 52.5 Å². The molecular formula is C100H105Cl5FN5O10. The van der Waals surface area contributed by atoms with Crippen molar-refractivity contribution in [3.05, 3.63) is 281 Å². The van der Waals surface area contributed by atoms with Gasteiger partial charge in [-0.15, -0.1) is 0 Å².